The summed E-state index contributed by atoms with van der Waals surface area (Å²) in [7, 11) is 1.58. The molecule has 6 nitrogen and oxygen atoms in total. The summed E-state index contributed by atoms with van der Waals surface area (Å²) in [6, 6.07) is 5.62. The number of carbonyl (C=O) groups is 2. The second-order valence-electron chi connectivity index (χ2n) is 6.68. The zero-order chi connectivity index (χ0) is 17.8. The number of carbonyl (C=O) groups excluding carboxylic acids is 2. The minimum atomic E-state index is -0.292. The Bertz CT molecular complexity index is 640. The topological polar surface area (TPSA) is 59.1 Å². The fraction of sp³-hybridized carbons (Fsp3) is 0.579. The van der Waals surface area contributed by atoms with Crippen LogP contribution < -0.4 is 4.74 Å². The van der Waals surface area contributed by atoms with Gasteiger partial charge in [-0.2, -0.15) is 0 Å². The highest BCUT2D eigenvalue weighted by Crippen LogP contribution is 2.22. The molecule has 3 rings (SSSR count). The Morgan fingerprint density at radius 2 is 1.88 bits per heavy atom. The van der Waals surface area contributed by atoms with E-state index in [-0.39, 0.29) is 17.9 Å². The fourth-order valence-electron chi connectivity index (χ4n) is 3.48. The predicted octanol–water partition coefficient (Wildman–Crippen LogP) is 1.86. The second-order valence-corrected chi connectivity index (χ2v) is 6.68. The molecule has 2 amide bonds. The fourth-order valence-corrected chi connectivity index (χ4v) is 3.48. The second kappa shape index (κ2) is 7.87. The van der Waals surface area contributed by atoms with Gasteiger partial charge in [0.2, 0.25) is 0 Å². The lowest BCUT2D eigenvalue weighted by Gasteiger charge is -2.24. The zero-order valence-corrected chi connectivity index (χ0v) is 15.0. The van der Waals surface area contributed by atoms with Gasteiger partial charge >= 0.3 is 0 Å². The molecular formula is C19H26N2O4. The summed E-state index contributed by atoms with van der Waals surface area (Å²) in [6.07, 6.45) is 2.23. The number of aryl methyl sites for hydroxylation is 1. The van der Waals surface area contributed by atoms with Crippen LogP contribution in [-0.2, 0) is 9.53 Å². The molecule has 2 aliphatic heterocycles. The Kier molecular flexibility index (Phi) is 5.58. The predicted molar refractivity (Wildman–Crippen MR) is 93.8 cm³/mol. The number of rotatable bonds is 3. The van der Waals surface area contributed by atoms with Crippen molar-refractivity contribution in [2.24, 2.45) is 0 Å². The highest BCUT2D eigenvalue weighted by Gasteiger charge is 2.30. The third kappa shape index (κ3) is 3.95. The van der Waals surface area contributed by atoms with Gasteiger partial charge in [-0.05, 0) is 38.3 Å². The van der Waals surface area contributed by atoms with Crippen molar-refractivity contribution in [1.29, 1.82) is 0 Å². The molecular weight excluding hydrogens is 320 g/mol. The van der Waals surface area contributed by atoms with Crippen LogP contribution in [0.15, 0.2) is 18.2 Å². The van der Waals surface area contributed by atoms with Gasteiger partial charge in [-0.3, -0.25) is 9.59 Å². The first-order valence-corrected chi connectivity index (χ1v) is 8.94. The smallest absolute Gasteiger partial charge is 0.257 e. The molecule has 2 fully saturated rings. The number of nitrogens with zero attached hydrogens (tertiary/aromatic N) is 2. The van der Waals surface area contributed by atoms with Crippen LogP contribution in [0, 0.1) is 6.92 Å². The van der Waals surface area contributed by atoms with Crippen LogP contribution in [0.1, 0.15) is 35.2 Å². The Hall–Kier alpha value is -2.08. The van der Waals surface area contributed by atoms with E-state index in [9.17, 15) is 9.59 Å². The van der Waals surface area contributed by atoms with Crippen molar-refractivity contribution < 1.29 is 19.1 Å². The number of amides is 2. The molecule has 0 bridgehead atoms. The molecule has 136 valence electrons. The van der Waals surface area contributed by atoms with E-state index < -0.39 is 0 Å². The Morgan fingerprint density at radius 3 is 2.60 bits per heavy atom. The molecule has 1 aromatic rings. The van der Waals surface area contributed by atoms with Crippen molar-refractivity contribution in [3.05, 3.63) is 29.3 Å². The molecule has 25 heavy (non-hydrogen) atoms. The van der Waals surface area contributed by atoms with Crippen molar-refractivity contribution in [2.45, 2.75) is 32.3 Å². The van der Waals surface area contributed by atoms with Gasteiger partial charge in [0.05, 0.1) is 12.7 Å². The van der Waals surface area contributed by atoms with E-state index in [1.54, 1.807) is 7.11 Å². The molecule has 0 radical (unpaired) electrons. The molecule has 0 saturated carbocycles. The van der Waals surface area contributed by atoms with Gasteiger partial charge in [0.25, 0.3) is 11.8 Å². The maximum atomic E-state index is 12.9. The van der Waals surface area contributed by atoms with Crippen LogP contribution in [-0.4, -0.2) is 67.6 Å². The van der Waals surface area contributed by atoms with Crippen LogP contribution in [0.3, 0.4) is 0 Å². The number of methoxy groups -OCH3 is 1. The van der Waals surface area contributed by atoms with Crippen molar-refractivity contribution in [2.75, 3.05) is 39.9 Å². The maximum Gasteiger partial charge on any atom is 0.257 e. The summed E-state index contributed by atoms with van der Waals surface area (Å²) in [5, 5.41) is 0. The first-order chi connectivity index (χ1) is 12.1. The van der Waals surface area contributed by atoms with E-state index >= 15 is 0 Å². The van der Waals surface area contributed by atoms with Crippen LogP contribution in [0.5, 0.6) is 5.75 Å². The first kappa shape index (κ1) is 17.7. The molecule has 2 saturated heterocycles. The van der Waals surface area contributed by atoms with Crippen LogP contribution in [0.4, 0.5) is 0 Å². The van der Waals surface area contributed by atoms with E-state index in [1.807, 2.05) is 34.9 Å². The monoisotopic (exact) mass is 346 g/mol. The lowest BCUT2D eigenvalue weighted by molar-refractivity contribution is -0.140. The maximum absolute atomic E-state index is 12.9. The largest absolute Gasteiger partial charge is 0.496 e. The SMILES string of the molecule is COc1ccc(C)cc1C(=O)N1CCCN(C(=O)C2CCCO2)CC1. The summed E-state index contributed by atoms with van der Waals surface area (Å²) < 4.78 is 10.8. The van der Waals surface area contributed by atoms with E-state index in [0.29, 0.717) is 44.1 Å². The van der Waals surface area contributed by atoms with Gasteiger partial charge in [0, 0.05) is 32.8 Å². The summed E-state index contributed by atoms with van der Waals surface area (Å²) in [5.74, 6) is 0.624. The lowest BCUT2D eigenvalue weighted by Crippen LogP contribution is -2.41. The summed E-state index contributed by atoms with van der Waals surface area (Å²) in [5.41, 5.74) is 1.61. The zero-order valence-electron chi connectivity index (χ0n) is 15.0. The molecule has 1 unspecified atom stereocenters. The summed E-state index contributed by atoms with van der Waals surface area (Å²) in [4.78, 5) is 29.1. The molecule has 2 heterocycles. The molecule has 6 heteroatoms. The van der Waals surface area contributed by atoms with Crippen molar-refractivity contribution in [3.8, 4) is 5.75 Å². The van der Waals surface area contributed by atoms with Gasteiger partial charge in [-0.15, -0.1) is 0 Å². The van der Waals surface area contributed by atoms with Gasteiger partial charge < -0.3 is 19.3 Å². The summed E-state index contributed by atoms with van der Waals surface area (Å²) in [6.45, 7) is 5.04. The van der Waals surface area contributed by atoms with Gasteiger partial charge in [0.15, 0.2) is 0 Å². The van der Waals surface area contributed by atoms with Gasteiger partial charge in [-0.25, -0.2) is 0 Å². The Labute approximate surface area is 148 Å². The normalized spacial score (nSPS) is 21.1. The van der Waals surface area contributed by atoms with Gasteiger partial charge in [-0.1, -0.05) is 11.6 Å². The minimum absolute atomic E-state index is 0.0352. The van der Waals surface area contributed by atoms with E-state index in [4.69, 9.17) is 9.47 Å². The summed E-state index contributed by atoms with van der Waals surface area (Å²) >= 11 is 0. The van der Waals surface area contributed by atoms with E-state index in [1.165, 1.54) is 0 Å². The lowest BCUT2D eigenvalue weighted by atomic mass is 10.1. The van der Waals surface area contributed by atoms with Crippen molar-refractivity contribution in [3.63, 3.8) is 0 Å². The Balaban J connectivity index is 1.67. The van der Waals surface area contributed by atoms with E-state index in [0.717, 1.165) is 24.8 Å². The standard InChI is InChI=1S/C19H26N2O4/c1-14-6-7-16(24-2)15(13-14)18(22)20-8-4-9-21(11-10-20)19(23)17-5-3-12-25-17/h6-7,13,17H,3-5,8-12H2,1-2H3. The molecule has 1 aromatic carbocycles. The average Bonchev–Trinajstić information content (AvgIpc) is 3.05. The third-order valence-corrected chi connectivity index (χ3v) is 4.89. The number of hydrogen-bond acceptors (Lipinski definition) is 4. The molecule has 0 N–H and O–H groups in total. The highest BCUT2D eigenvalue weighted by atomic mass is 16.5. The molecule has 1 atom stereocenters. The molecule has 0 aliphatic carbocycles. The van der Waals surface area contributed by atoms with E-state index in [2.05, 4.69) is 0 Å². The van der Waals surface area contributed by atoms with Crippen LogP contribution >= 0.6 is 0 Å². The van der Waals surface area contributed by atoms with Crippen LogP contribution in [0.2, 0.25) is 0 Å². The number of benzene rings is 1. The Morgan fingerprint density at radius 1 is 1.12 bits per heavy atom. The first-order valence-electron chi connectivity index (χ1n) is 8.94. The average molecular weight is 346 g/mol. The molecule has 0 spiro atoms. The van der Waals surface area contributed by atoms with Gasteiger partial charge in [0.1, 0.15) is 11.9 Å². The van der Waals surface area contributed by atoms with Crippen molar-refractivity contribution >= 4 is 11.8 Å². The molecule has 0 aromatic heterocycles. The highest BCUT2D eigenvalue weighted by molar-refractivity contribution is 5.97. The third-order valence-electron chi connectivity index (χ3n) is 4.89. The quantitative estimate of drug-likeness (QED) is 0.838. The molecule has 2 aliphatic rings. The minimum Gasteiger partial charge on any atom is -0.496 e. The number of ether oxygens (including phenoxy) is 2. The van der Waals surface area contributed by atoms with Crippen LogP contribution in [0.25, 0.3) is 0 Å². The van der Waals surface area contributed by atoms with Crippen molar-refractivity contribution in [1.82, 2.24) is 9.80 Å². The number of hydrogen-bond donors (Lipinski definition) is 0.